The van der Waals surface area contributed by atoms with E-state index in [1.54, 1.807) is 13.8 Å². The average molecular weight is 347 g/mol. The Morgan fingerprint density at radius 3 is 2.68 bits per heavy atom. The zero-order chi connectivity index (χ0) is 18.0. The highest BCUT2D eigenvalue weighted by Crippen LogP contribution is 2.32. The molecule has 1 N–H and O–H groups in total. The normalized spacial score (nSPS) is 18.2. The van der Waals surface area contributed by atoms with E-state index < -0.39 is 5.54 Å². The highest BCUT2D eigenvalue weighted by Gasteiger charge is 2.43. The predicted octanol–water partition coefficient (Wildman–Crippen LogP) is 1.96. The van der Waals surface area contributed by atoms with Crippen LogP contribution in [0.1, 0.15) is 32.8 Å². The van der Waals surface area contributed by atoms with Crippen LogP contribution in [0.4, 0.5) is 4.79 Å². The number of benzene rings is 1. The molecule has 0 bridgehead atoms. The average Bonchev–Trinajstić information content (AvgIpc) is 3.10. The van der Waals surface area contributed by atoms with E-state index in [9.17, 15) is 9.59 Å². The monoisotopic (exact) mass is 347 g/mol. The van der Waals surface area contributed by atoms with Gasteiger partial charge in [-0.3, -0.25) is 14.6 Å². The number of carbonyl (C=O) groups is 2. The summed E-state index contributed by atoms with van der Waals surface area (Å²) in [7, 11) is 0. The van der Waals surface area contributed by atoms with E-state index in [1.165, 1.54) is 4.90 Å². The second-order valence-corrected chi connectivity index (χ2v) is 6.92. The van der Waals surface area contributed by atoms with Crippen LogP contribution in [-0.4, -0.2) is 53.7 Å². The number of carbonyl (C=O) groups excluding carboxylic acids is 2. The lowest BCUT2D eigenvalue weighted by molar-refractivity contribution is -0.130. The van der Waals surface area contributed by atoms with Gasteiger partial charge in [0.1, 0.15) is 5.54 Å². The standard InChI is InChI=1S/C18H25N3O4/c1-4-20(11-13-6-7-14-15(10-13)25-12-24-14)8-5-9-21-16(22)18(2,3)19-17(21)23/h6-7,10H,4-5,8-9,11-12H2,1-3H3,(H,19,23). The van der Waals surface area contributed by atoms with Crippen molar-refractivity contribution in [3.05, 3.63) is 23.8 Å². The number of rotatable bonds is 7. The number of ether oxygens (including phenoxy) is 2. The van der Waals surface area contributed by atoms with Gasteiger partial charge in [-0.15, -0.1) is 0 Å². The van der Waals surface area contributed by atoms with E-state index >= 15 is 0 Å². The van der Waals surface area contributed by atoms with Crippen molar-refractivity contribution in [1.82, 2.24) is 15.1 Å². The maximum absolute atomic E-state index is 12.2. The van der Waals surface area contributed by atoms with Crippen LogP contribution in [0.3, 0.4) is 0 Å². The van der Waals surface area contributed by atoms with Crippen molar-refractivity contribution in [3.8, 4) is 11.5 Å². The summed E-state index contributed by atoms with van der Waals surface area (Å²) in [4.78, 5) is 27.7. The molecule has 1 aromatic carbocycles. The van der Waals surface area contributed by atoms with Gasteiger partial charge >= 0.3 is 6.03 Å². The maximum Gasteiger partial charge on any atom is 0.325 e. The summed E-state index contributed by atoms with van der Waals surface area (Å²) in [6.45, 7) is 8.76. The Balaban J connectivity index is 1.51. The van der Waals surface area contributed by atoms with Gasteiger partial charge in [0.15, 0.2) is 11.5 Å². The lowest BCUT2D eigenvalue weighted by Crippen LogP contribution is -2.40. The number of nitrogens with one attached hydrogen (secondary N) is 1. The lowest BCUT2D eigenvalue weighted by Gasteiger charge is -2.22. The molecular formula is C18H25N3O4. The first kappa shape index (κ1) is 17.5. The Labute approximate surface area is 147 Å². The van der Waals surface area contributed by atoms with E-state index in [2.05, 4.69) is 17.1 Å². The van der Waals surface area contributed by atoms with Crippen LogP contribution in [0, 0.1) is 0 Å². The lowest BCUT2D eigenvalue weighted by atomic mass is 10.1. The van der Waals surface area contributed by atoms with Crippen molar-refractivity contribution in [3.63, 3.8) is 0 Å². The molecule has 3 amide bonds. The Bertz CT molecular complexity index is 674. The van der Waals surface area contributed by atoms with Gasteiger partial charge in [-0.25, -0.2) is 4.79 Å². The molecule has 0 saturated carbocycles. The van der Waals surface area contributed by atoms with Crippen LogP contribution >= 0.6 is 0 Å². The first-order valence-corrected chi connectivity index (χ1v) is 8.65. The summed E-state index contributed by atoms with van der Waals surface area (Å²) in [6.07, 6.45) is 0.744. The number of urea groups is 1. The van der Waals surface area contributed by atoms with Crippen LogP contribution in [0.5, 0.6) is 11.5 Å². The molecule has 1 saturated heterocycles. The number of hydrogen-bond donors (Lipinski definition) is 1. The third kappa shape index (κ3) is 3.71. The van der Waals surface area contributed by atoms with Gasteiger partial charge < -0.3 is 14.8 Å². The highest BCUT2D eigenvalue weighted by molar-refractivity contribution is 6.06. The molecule has 0 radical (unpaired) electrons. The molecule has 2 aliphatic heterocycles. The third-order valence-electron chi connectivity index (χ3n) is 4.59. The van der Waals surface area contributed by atoms with Crippen LogP contribution < -0.4 is 14.8 Å². The third-order valence-corrected chi connectivity index (χ3v) is 4.59. The summed E-state index contributed by atoms with van der Waals surface area (Å²) in [5, 5.41) is 2.71. The van der Waals surface area contributed by atoms with Gasteiger partial charge in [0.25, 0.3) is 5.91 Å². The molecule has 7 nitrogen and oxygen atoms in total. The molecule has 1 aromatic rings. The zero-order valence-electron chi connectivity index (χ0n) is 15.0. The summed E-state index contributed by atoms with van der Waals surface area (Å²) in [5.41, 5.74) is 0.357. The maximum atomic E-state index is 12.2. The Hall–Kier alpha value is -2.28. The predicted molar refractivity (Wildman–Crippen MR) is 92.5 cm³/mol. The minimum atomic E-state index is -0.798. The minimum absolute atomic E-state index is 0.156. The molecule has 0 aliphatic carbocycles. The van der Waals surface area contributed by atoms with E-state index in [-0.39, 0.29) is 18.7 Å². The van der Waals surface area contributed by atoms with Gasteiger partial charge in [-0.2, -0.15) is 0 Å². The summed E-state index contributed by atoms with van der Waals surface area (Å²) in [5.74, 6) is 1.42. The quantitative estimate of drug-likeness (QED) is 0.764. The second-order valence-electron chi connectivity index (χ2n) is 6.92. The summed E-state index contributed by atoms with van der Waals surface area (Å²) < 4.78 is 10.7. The summed E-state index contributed by atoms with van der Waals surface area (Å²) >= 11 is 0. The van der Waals surface area contributed by atoms with Gasteiger partial charge in [-0.05, 0) is 44.5 Å². The zero-order valence-corrected chi connectivity index (χ0v) is 15.0. The van der Waals surface area contributed by atoms with Crippen molar-refractivity contribution in [1.29, 1.82) is 0 Å². The molecule has 0 spiro atoms. The molecule has 2 aliphatic rings. The fourth-order valence-electron chi connectivity index (χ4n) is 3.12. The van der Waals surface area contributed by atoms with Crippen LogP contribution in [-0.2, 0) is 11.3 Å². The molecule has 0 atom stereocenters. The van der Waals surface area contributed by atoms with Crippen LogP contribution in [0.25, 0.3) is 0 Å². The molecule has 1 fully saturated rings. The minimum Gasteiger partial charge on any atom is -0.454 e. The Morgan fingerprint density at radius 1 is 1.24 bits per heavy atom. The van der Waals surface area contributed by atoms with Crippen molar-refractivity contribution < 1.29 is 19.1 Å². The number of imide groups is 1. The molecule has 25 heavy (non-hydrogen) atoms. The van der Waals surface area contributed by atoms with E-state index in [0.717, 1.165) is 43.1 Å². The van der Waals surface area contributed by atoms with Crippen LogP contribution in [0.15, 0.2) is 18.2 Å². The number of nitrogens with zero attached hydrogens (tertiary/aromatic N) is 2. The van der Waals surface area contributed by atoms with Gasteiger partial charge in [0.05, 0.1) is 0 Å². The fourth-order valence-corrected chi connectivity index (χ4v) is 3.12. The highest BCUT2D eigenvalue weighted by atomic mass is 16.7. The van der Waals surface area contributed by atoms with E-state index in [4.69, 9.17) is 9.47 Å². The number of hydrogen-bond acceptors (Lipinski definition) is 5. The first-order valence-electron chi connectivity index (χ1n) is 8.65. The fraction of sp³-hybridized carbons (Fsp3) is 0.556. The first-order chi connectivity index (χ1) is 11.9. The van der Waals surface area contributed by atoms with Gasteiger partial charge in [0, 0.05) is 19.6 Å². The van der Waals surface area contributed by atoms with Gasteiger partial charge in [-0.1, -0.05) is 13.0 Å². The number of fused-ring (bicyclic) bond motifs is 1. The van der Waals surface area contributed by atoms with Crippen molar-refractivity contribution >= 4 is 11.9 Å². The topological polar surface area (TPSA) is 71.1 Å². The largest absolute Gasteiger partial charge is 0.454 e. The van der Waals surface area contributed by atoms with Crippen molar-refractivity contribution in [2.24, 2.45) is 0 Å². The molecule has 7 heteroatoms. The molecular weight excluding hydrogens is 322 g/mol. The molecule has 2 heterocycles. The van der Waals surface area contributed by atoms with Gasteiger partial charge in [0.2, 0.25) is 6.79 Å². The molecule has 0 unspecified atom stereocenters. The number of amides is 3. The second kappa shape index (κ2) is 6.92. The van der Waals surface area contributed by atoms with Crippen molar-refractivity contribution in [2.45, 2.75) is 39.3 Å². The van der Waals surface area contributed by atoms with E-state index in [1.807, 2.05) is 18.2 Å². The SMILES string of the molecule is CCN(CCCN1C(=O)NC(C)(C)C1=O)Cc1ccc2c(c1)OCO2. The smallest absolute Gasteiger partial charge is 0.325 e. The molecule has 136 valence electrons. The molecule has 0 aromatic heterocycles. The Morgan fingerprint density at radius 2 is 2.00 bits per heavy atom. The van der Waals surface area contributed by atoms with E-state index in [0.29, 0.717) is 6.54 Å². The van der Waals surface area contributed by atoms with Crippen LogP contribution in [0.2, 0.25) is 0 Å². The summed E-state index contributed by atoms with van der Waals surface area (Å²) in [6, 6.07) is 5.68. The van der Waals surface area contributed by atoms with Crippen molar-refractivity contribution in [2.75, 3.05) is 26.4 Å². The Kier molecular flexibility index (Phi) is 4.85. The molecule has 3 rings (SSSR count).